The van der Waals surface area contributed by atoms with Gasteiger partial charge in [-0.25, -0.2) is 13.1 Å². The van der Waals surface area contributed by atoms with Crippen LogP contribution in [0.5, 0.6) is 0 Å². The second-order valence-electron chi connectivity index (χ2n) is 3.97. The Morgan fingerprint density at radius 2 is 2.25 bits per heavy atom. The Labute approximate surface area is 104 Å². The number of sulfonamides is 1. The minimum Gasteiger partial charge on any atom is -0.383 e. The third-order valence-corrected chi connectivity index (χ3v) is 4.42. The molecule has 1 saturated heterocycles. The molecule has 98 valence electrons. The van der Waals surface area contributed by atoms with Gasteiger partial charge in [-0.1, -0.05) is 0 Å². The molecule has 0 aliphatic carbocycles. The molecule has 0 aromatic carbocycles. The van der Waals surface area contributed by atoms with Gasteiger partial charge in [0.05, 0.1) is 11.9 Å². The molecule has 1 heterocycles. The molecule has 0 amide bonds. The van der Waals surface area contributed by atoms with E-state index in [9.17, 15) is 8.42 Å². The van der Waals surface area contributed by atoms with Crippen LogP contribution in [0.25, 0.3) is 0 Å². The molecule has 0 spiro atoms. The fourth-order valence-corrected chi connectivity index (χ4v) is 2.84. The van der Waals surface area contributed by atoms with Crippen LogP contribution in [0.3, 0.4) is 0 Å². The summed E-state index contributed by atoms with van der Waals surface area (Å²) in [5.74, 6) is 0. The highest BCUT2D eigenvalue weighted by atomic mass is 35.5. The largest absolute Gasteiger partial charge is 0.383 e. The van der Waals surface area contributed by atoms with Gasteiger partial charge >= 0.3 is 0 Å². The van der Waals surface area contributed by atoms with Crippen molar-refractivity contribution in [2.75, 3.05) is 26.8 Å². The van der Waals surface area contributed by atoms with Crippen LogP contribution in [0.4, 0.5) is 0 Å². The van der Waals surface area contributed by atoms with E-state index in [1.165, 1.54) is 7.11 Å². The molecule has 5 nitrogen and oxygen atoms in total. The van der Waals surface area contributed by atoms with Gasteiger partial charge in [0.15, 0.2) is 0 Å². The summed E-state index contributed by atoms with van der Waals surface area (Å²) in [7, 11) is -1.73. The fraction of sp³-hybridized carbons (Fsp3) is 1.00. The highest BCUT2D eigenvalue weighted by molar-refractivity contribution is 7.90. The molecule has 1 fully saturated rings. The molecule has 1 aliphatic heterocycles. The molecule has 1 rings (SSSR count). The monoisotopic (exact) mass is 272 g/mol. The first-order chi connectivity index (χ1) is 7.06. The first kappa shape index (κ1) is 16.1. The molecular formula is C9H21ClN2O3S. The Kier molecular flexibility index (Phi) is 7.50. The summed E-state index contributed by atoms with van der Waals surface area (Å²) in [6.45, 7) is 3.59. The summed E-state index contributed by atoms with van der Waals surface area (Å²) in [6, 6.07) is 0.0306. The van der Waals surface area contributed by atoms with Gasteiger partial charge in [-0.05, 0) is 26.3 Å². The van der Waals surface area contributed by atoms with Crippen molar-refractivity contribution < 1.29 is 13.2 Å². The Hall–Kier alpha value is 0.120. The molecule has 1 aliphatic rings. The van der Waals surface area contributed by atoms with Crippen molar-refractivity contribution in [3.8, 4) is 0 Å². The average molecular weight is 273 g/mol. The maximum atomic E-state index is 11.8. The van der Waals surface area contributed by atoms with Gasteiger partial charge < -0.3 is 10.1 Å². The van der Waals surface area contributed by atoms with Crippen LogP contribution in [-0.4, -0.2) is 46.5 Å². The zero-order valence-electron chi connectivity index (χ0n) is 9.73. The predicted octanol–water partition coefficient (Wildman–Crippen LogP) is 0.115. The first-order valence-electron chi connectivity index (χ1n) is 5.27. The van der Waals surface area contributed by atoms with Gasteiger partial charge in [-0.15, -0.1) is 12.4 Å². The molecule has 2 atom stereocenters. The summed E-state index contributed by atoms with van der Waals surface area (Å²) in [5.41, 5.74) is 0. The average Bonchev–Trinajstić information content (AvgIpc) is 2.19. The maximum absolute atomic E-state index is 11.8. The molecular weight excluding hydrogens is 252 g/mol. The van der Waals surface area contributed by atoms with Crippen LogP contribution in [0, 0.1) is 0 Å². The second-order valence-corrected chi connectivity index (χ2v) is 6.10. The van der Waals surface area contributed by atoms with Gasteiger partial charge in [0.2, 0.25) is 10.0 Å². The van der Waals surface area contributed by atoms with Crippen molar-refractivity contribution in [1.82, 2.24) is 10.0 Å². The minimum atomic E-state index is -3.24. The number of halogens is 1. The number of hydrogen-bond donors (Lipinski definition) is 2. The summed E-state index contributed by atoms with van der Waals surface area (Å²) >= 11 is 0. The number of rotatable bonds is 5. The quantitative estimate of drug-likeness (QED) is 0.746. The molecule has 0 radical (unpaired) electrons. The number of piperidine rings is 1. The highest BCUT2D eigenvalue weighted by Crippen LogP contribution is 2.06. The highest BCUT2D eigenvalue weighted by Gasteiger charge is 2.25. The molecule has 0 saturated carbocycles. The van der Waals surface area contributed by atoms with Crippen LogP contribution in [0.15, 0.2) is 0 Å². The van der Waals surface area contributed by atoms with Crippen molar-refractivity contribution >= 4 is 22.4 Å². The smallest absolute Gasteiger partial charge is 0.216 e. The first-order valence-corrected chi connectivity index (χ1v) is 6.81. The lowest BCUT2D eigenvalue weighted by Crippen LogP contribution is -2.48. The molecule has 7 heteroatoms. The summed E-state index contributed by atoms with van der Waals surface area (Å²) < 4.78 is 31.1. The summed E-state index contributed by atoms with van der Waals surface area (Å²) in [5, 5.41) is 2.67. The number of hydrogen-bond acceptors (Lipinski definition) is 4. The zero-order valence-corrected chi connectivity index (χ0v) is 11.4. The van der Waals surface area contributed by atoms with Crippen molar-refractivity contribution in [2.45, 2.75) is 31.1 Å². The standard InChI is InChI=1S/C9H20N2O3S.ClH/c1-8(7-14-2)15(12,13)11-9-4-3-5-10-6-9;/h8-11H,3-7H2,1-2H3;1H/t8?,9-;/m0./s1. The van der Waals surface area contributed by atoms with Gasteiger partial charge in [0.1, 0.15) is 0 Å². The summed E-state index contributed by atoms with van der Waals surface area (Å²) in [4.78, 5) is 0. The van der Waals surface area contributed by atoms with E-state index >= 15 is 0 Å². The van der Waals surface area contributed by atoms with E-state index in [0.29, 0.717) is 0 Å². The van der Waals surface area contributed by atoms with Crippen LogP contribution in [0.2, 0.25) is 0 Å². The van der Waals surface area contributed by atoms with Crippen LogP contribution in [-0.2, 0) is 14.8 Å². The Balaban J connectivity index is 0.00000225. The van der Waals surface area contributed by atoms with Gasteiger partial charge in [-0.2, -0.15) is 0 Å². The fourth-order valence-electron chi connectivity index (χ4n) is 1.63. The normalized spacial score (nSPS) is 23.5. The summed E-state index contributed by atoms with van der Waals surface area (Å²) in [6.07, 6.45) is 1.93. The Bertz CT molecular complexity index is 278. The zero-order chi connectivity index (χ0) is 11.3. The predicted molar refractivity (Wildman–Crippen MR) is 66.5 cm³/mol. The van der Waals surface area contributed by atoms with Crippen molar-refractivity contribution in [3.63, 3.8) is 0 Å². The molecule has 0 aromatic heterocycles. The van der Waals surface area contributed by atoms with E-state index in [4.69, 9.17) is 4.74 Å². The van der Waals surface area contributed by atoms with E-state index in [-0.39, 0.29) is 25.1 Å². The van der Waals surface area contributed by atoms with E-state index < -0.39 is 15.3 Å². The molecule has 0 bridgehead atoms. The van der Waals surface area contributed by atoms with Gasteiger partial charge in [0.25, 0.3) is 0 Å². The maximum Gasteiger partial charge on any atom is 0.216 e. The number of nitrogens with one attached hydrogen (secondary N) is 2. The van der Waals surface area contributed by atoms with Crippen molar-refractivity contribution in [3.05, 3.63) is 0 Å². The third kappa shape index (κ3) is 4.97. The van der Waals surface area contributed by atoms with Gasteiger partial charge in [-0.3, -0.25) is 0 Å². The van der Waals surface area contributed by atoms with Crippen LogP contribution >= 0.6 is 12.4 Å². The van der Waals surface area contributed by atoms with E-state index in [1.54, 1.807) is 6.92 Å². The lowest BCUT2D eigenvalue weighted by Gasteiger charge is -2.25. The molecule has 1 unspecified atom stereocenters. The van der Waals surface area contributed by atoms with Crippen LogP contribution < -0.4 is 10.0 Å². The second kappa shape index (κ2) is 7.45. The SMILES string of the molecule is COCC(C)S(=O)(=O)N[C@H]1CCCNC1.Cl. The van der Waals surface area contributed by atoms with Crippen molar-refractivity contribution in [2.24, 2.45) is 0 Å². The number of ether oxygens (including phenoxy) is 1. The lowest BCUT2D eigenvalue weighted by molar-refractivity contribution is 0.200. The van der Waals surface area contributed by atoms with E-state index in [0.717, 1.165) is 25.9 Å². The minimum absolute atomic E-state index is 0. The topological polar surface area (TPSA) is 67.4 Å². The molecule has 16 heavy (non-hydrogen) atoms. The third-order valence-electron chi connectivity index (χ3n) is 2.56. The Morgan fingerprint density at radius 3 is 2.75 bits per heavy atom. The Morgan fingerprint density at radius 1 is 1.56 bits per heavy atom. The number of methoxy groups -OCH3 is 1. The van der Waals surface area contributed by atoms with E-state index in [1.807, 2.05) is 0 Å². The molecule has 0 aromatic rings. The van der Waals surface area contributed by atoms with E-state index in [2.05, 4.69) is 10.0 Å². The molecule has 2 N–H and O–H groups in total. The van der Waals surface area contributed by atoms with Crippen LogP contribution in [0.1, 0.15) is 19.8 Å². The van der Waals surface area contributed by atoms with Gasteiger partial charge in [0, 0.05) is 19.7 Å². The van der Waals surface area contributed by atoms with Crippen molar-refractivity contribution in [1.29, 1.82) is 0 Å². The lowest BCUT2D eigenvalue weighted by atomic mass is 10.1.